The predicted octanol–water partition coefficient (Wildman–Crippen LogP) is 3.84. The summed E-state index contributed by atoms with van der Waals surface area (Å²) in [6, 6.07) is 15.7. The van der Waals surface area contributed by atoms with Gasteiger partial charge >= 0.3 is 0 Å². The Hall–Kier alpha value is -2.04. The van der Waals surface area contributed by atoms with Gasteiger partial charge in [0.15, 0.2) is 0 Å². The zero-order valence-electron chi connectivity index (χ0n) is 12.1. The van der Waals surface area contributed by atoms with Crippen LogP contribution >= 0.6 is 0 Å². The maximum absolute atomic E-state index is 5.46. The van der Waals surface area contributed by atoms with Crippen LogP contribution in [0.1, 0.15) is 29.8 Å². The minimum atomic E-state index is -0.0528. The Balaban J connectivity index is 1.68. The minimum Gasteiger partial charge on any atom is -0.497 e. The first kappa shape index (κ1) is 13.9. The van der Waals surface area contributed by atoms with E-state index >= 15 is 0 Å². The lowest BCUT2D eigenvalue weighted by Gasteiger charge is -2.08. The molecule has 1 saturated heterocycles. The summed E-state index contributed by atoms with van der Waals surface area (Å²) >= 11 is 0. The lowest BCUT2D eigenvalue weighted by atomic mass is 9.99. The number of benzene rings is 2. The molecule has 0 saturated carbocycles. The molecule has 0 aliphatic carbocycles. The zero-order valence-corrected chi connectivity index (χ0v) is 12.1. The van der Waals surface area contributed by atoms with Gasteiger partial charge in [-0.3, -0.25) is 0 Å². The second kappa shape index (κ2) is 6.16. The number of hydrogen-bond acceptors (Lipinski definition) is 4. The summed E-state index contributed by atoms with van der Waals surface area (Å²) in [5.41, 5.74) is 2.18. The van der Waals surface area contributed by atoms with E-state index in [1.165, 1.54) is 0 Å². The SMILES string of the molecule is COc1ccc(C2CC(c3ccc(OC)cc3)OO2)cc1. The fourth-order valence-electron chi connectivity index (χ4n) is 2.43. The molecule has 2 aromatic carbocycles. The van der Waals surface area contributed by atoms with Crippen LogP contribution in [0.3, 0.4) is 0 Å². The first-order valence-corrected chi connectivity index (χ1v) is 6.90. The van der Waals surface area contributed by atoms with Gasteiger partial charge in [0.25, 0.3) is 0 Å². The van der Waals surface area contributed by atoms with E-state index in [0.717, 1.165) is 29.0 Å². The van der Waals surface area contributed by atoms with Gasteiger partial charge in [0.2, 0.25) is 0 Å². The van der Waals surface area contributed by atoms with Crippen LogP contribution in [-0.2, 0) is 9.78 Å². The molecule has 0 bridgehead atoms. The quantitative estimate of drug-likeness (QED) is 0.800. The Labute approximate surface area is 124 Å². The molecule has 1 heterocycles. The van der Waals surface area contributed by atoms with Crippen molar-refractivity contribution in [2.75, 3.05) is 14.2 Å². The summed E-state index contributed by atoms with van der Waals surface area (Å²) in [7, 11) is 3.31. The van der Waals surface area contributed by atoms with E-state index in [4.69, 9.17) is 19.2 Å². The van der Waals surface area contributed by atoms with Gasteiger partial charge in [0.05, 0.1) is 14.2 Å². The van der Waals surface area contributed by atoms with Crippen LogP contribution in [0.2, 0.25) is 0 Å². The monoisotopic (exact) mass is 286 g/mol. The van der Waals surface area contributed by atoms with Gasteiger partial charge in [-0.2, -0.15) is 0 Å². The largest absolute Gasteiger partial charge is 0.497 e. The molecule has 2 atom stereocenters. The molecule has 1 aliphatic heterocycles. The molecular weight excluding hydrogens is 268 g/mol. The van der Waals surface area contributed by atoms with Crippen molar-refractivity contribution in [1.29, 1.82) is 0 Å². The molecule has 2 aromatic rings. The molecule has 3 rings (SSSR count). The second-order valence-electron chi connectivity index (χ2n) is 4.95. The van der Waals surface area contributed by atoms with E-state index in [2.05, 4.69) is 0 Å². The van der Waals surface area contributed by atoms with Crippen molar-refractivity contribution in [1.82, 2.24) is 0 Å². The molecule has 0 aromatic heterocycles. The normalized spacial score (nSPS) is 21.2. The van der Waals surface area contributed by atoms with Crippen molar-refractivity contribution in [3.63, 3.8) is 0 Å². The van der Waals surface area contributed by atoms with E-state index in [1.54, 1.807) is 14.2 Å². The molecule has 21 heavy (non-hydrogen) atoms. The third-order valence-corrected chi connectivity index (χ3v) is 3.69. The standard InChI is InChI=1S/C17H18O4/c1-18-14-7-3-12(4-8-14)16-11-17(21-20-16)13-5-9-15(19-2)10-6-13/h3-10,16-17H,11H2,1-2H3. The average Bonchev–Trinajstić information content (AvgIpc) is 3.05. The van der Waals surface area contributed by atoms with Crippen molar-refractivity contribution in [2.45, 2.75) is 18.6 Å². The van der Waals surface area contributed by atoms with Crippen molar-refractivity contribution in [3.05, 3.63) is 59.7 Å². The zero-order chi connectivity index (χ0) is 14.7. The lowest BCUT2D eigenvalue weighted by molar-refractivity contribution is -0.300. The van der Waals surface area contributed by atoms with Gasteiger partial charge < -0.3 is 9.47 Å². The Kier molecular flexibility index (Phi) is 4.08. The molecule has 2 unspecified atom stereocenters. The summed E-state index contributed by atoms with van der Waals surface area (Å²) in [5.74, 6) is 1.67. The topological polar surface area (TPSA) is 36.9 Å². The maximum Gasteiger partial charge on any atom is 0.121 e. The van der Waals surface area contributed by atoms with Crippen LogP contribution in [0, 0.1) is 0 Å². The summed E-state index contributed by atoms with van der Waals surface area (Å²) in [6.07, 6.45) is 0.685. The van der Waals surface area contributed by atoms with Crippen LogP contribution < -0.4 is 9.47 Å². The molecule has 1 fully saturated rings. The van der Waals surface area contributed by atoms with Gasteiger partial charge in [-0.15, -0.1) is 0 Å². The molecule has 0 amide bonds. The summed E-state index contributed by atoms with van der Waals surface area (Å²) in [5, 5.41) is 0. The van der Waals surface area contributed by atoms with E-state index < -0.39 is 0 Å². The third-order valence-electron chi connectivity index (χ3n) is 3.69. The molecule has 4 heteroatoms. The van der Waals surface area contributed by atoms with Crippen LogP contribution in [-0.4, -0.2) is 14.2 Å². The Morgan fingerprint density at radius 1 is 0.714 bits per heavy atom. The molecule has 4 nitrogen and oxygen atoms in total. The van der Waals surface area contributed by atoms with Crippen molar-refractivity contribution < 1.29 is 19.2 Å². The van der Waals surface area contributed by atoms with E-state index in [1.807, 2.05) is 48.5 Å². The fourth-order valence-corrected chi connectivity index (χ4v) is 2.43. The van der Waals surface area contributed by atoms with Crippen molar-refractivity contribution in [2.24, 2.45) is 0 Å². The third kappa shape index (κ3) is 3.01. The van der Waals surface area contributed by atoms with Gasteiger partial charge in [0, 0.05) is 6.42 Å². The smallest absolute Gasteiger partial charge is 0.121 e. The fraction of sp³-hybridized carbons (Fsp3) is 0.294. The lowest BCUT2D eigenvalue weighted by Crippen LogP contribution is -1.97. The second-order valence-corrected chi connectivity index (χ2v) is 4.95. The highest BCUT2D eigenvalue weighted by Gasteiger charge is 2.29. The van der Waals surface area contributed by atoms with Crippen molar-refractivity contribution >= 4 is 0 Å². The van der Waals surface area contributed by atoms with Crippen molar-refractivity contribution in [3.8, 4) is 11.5 Å². The number of hydrogen-bond donors (Lipinski definition) is 0. The molecule has 0 spiro atoms. The number of rotatable bonds is 4. The maximum atomic E-state index is 5.46. The Bertz CT molecular complexity index is 523. The summed E-state index contributed by atoms with van der Waals surface area (Å²) < 4.78 is 10.3. The van der Waals surface area contributed by atoms with Crippen LogP contribution in [0.4, 0.5) is 0 Å². The molecular formula is C17H18O4. The Morgan fingerprint density at radius 2 is 1.10 bits per heavy atom. The average molecular weight is 286 g/mol. The number of methoxy groups -OCH3 is 2. The van der Waals surface area contributed by atoms with Crippen LogP contribution in [0.25, 0.3) is 0 Å². The highest BCUT2D eigenvalue weighted by atomic mass is 17.2. The van der Waals surface area contributed by atoms with Gasteiger partial charge in [-0.1, -0.05) is 24.3 Å². The predicted molar refractivity (Wildman–Crippen MR) is 78.3 cm³/mol. The molecule has 0 radical (unpaired) electrons. The summed E-state index contributed by atoms with van der Waals surface area (Å²) in [6.45, 7) is 0. The molecule has 0 N–H and O–H groups in total. The molecule has 1 aliphatic rings. The van der Waals surface area contributed by atoms with Gasteiger partial charge in [-0.05, 0) is 35.4 Å². The molecule has 110 valence electrons. The highest BCUT2D eigenvalue weighted by molar-refractivity contribution is 5.31. The van der Waals surface area contributed by atoms with Crippen LogP contribution in [0.15, 0.2) is 48.5 Å². The van der Waals surface area contributed by atoms with E-state index in [-0.39, 0.29) is 12.2 Å². The number of ether oxygens (including phenoxy) is 2. The van der Waals surface area contributed by atoms with Gasteiger partial charge in [-0.25, -0.2) is 9.78 Å². The van der Waals surface area contributed by atoms with Gasteiger partial charge in [0.1, 0.15) is 23.7 Å². The highest BCUT2D eigenvalue weighted by Crippen LogP contribution is 2.39. The van der Waals surface area contributed by atoms with E-state index in [0.29, 0.717) is 0 Å². The minimum absolute atomic E-state index is 0.0528. The van der Waals surface area contributed by atoms with E-state index in [9.17, 15) is 0 Å². The van der Waals surface area contributed by atoms with Crippen LogP contribution in [0.5, 0.6) is 11.5 Å². The summed E-state index contributed by atoms with van der Waals surface area (Å²) in [4.78, 5) is 10.9. The Morgan fingerprint density at radius 3 is 1.43 bits per heavy atom. The first-order valence-electron chi connectivity index (χ1n) is 6.90. The first-order chi connectivity index (χ1) is 10.3.